The number of fused-ring (bicyclic) bond motifs is 2. The number of carboxylic acid groups (broad SMARTS) is 1. The molecule has 0 bridgehead atoms. The first-order valence-corrected chi connectivity index (χ1v) is 7.45. The van der Waals surface area contributed by atoms with E-state index >= 15 is 0 Å². The summed E-state index contributed by atoms with van der Waals surface area (Å²) in [6.07, 6.45) is 3.47. The van der Waals surface area contributed by atoms with Crippen molar-refractivity contribution < 1.29 is 52.2 Å². The molecule has 7 heteroatoms. The van der Waals surface area contributed by atoms with E-state index in [-0.39, 0.29) is 32.7 Å². The van der Waals surface area contributed by atoms with Gasteiger partial charge in [0, 0.05) is 72.5 Å². The Balaban J connectivity index is 0.000000184. The topological polar surface area (TPSA) is 92.2 Å². The van der Waals surface area contributed by atoms with Gasteiger partial charge in [-0.25, -0.2) is 4.79 Å². The van der Waals surface area contributed by atoms with E-state index in [1.165, 1.54) is 6.20 Å². The molecule has 0 unspecified atom stereocenters. The first-order chi connectivity index (χ1) is 12.2. The van der Waals surface area contributed by atoms with Gasteiger partial charge in [0.2, 0.25) is 0 Å². The van der Waals surface area contributed by atoms with Crippen LogP contribution in [0.3, 0.4) is 0 Å². The first-order valence-electron chi connectivity index (χ1n) is 7.45. The number of benzene rings is 2. The molecule has 2 aromatic carbocycles. The maximum absolute atomic E-state index is 10.8. The molecule has 0 amide bonds. The minimum atomic E-state index is -1.09. The number of nitrogens with one attached hydrogen (secondary N) is 1. The van der Waals surface area contributed by atoms with Crippen LogP contribution in [0.1, 0.15) is 20.7 Å². The van der Waals surface area contributed by atoms with E-state index in [1.807, 2.05) is 24.3 Å². The Kier molecular flexibility index (Phi) is 6.60. The van der Waals surface area contributed by atoms with Crippen molar-refractivity contribution in [2.24, 2.45) is 0 Å². The predicted octanol–water partition coefficient (Wildman–Crippen LogP) is 3.96. The minimum Gasteiger partial charge on any atom is -0.464 e. The average Bonchev–Trinajstić information content (AvgIpc) is 3.23. The van der Waals surface area contributed by atoms with Crippen LogP contribution in [0.2, 0.25) is 0 Å². The summed E-state index contributed by atoms with van der Waals surface area (Å²) in [7, 11) is 0. The molecular formula is C19H14N2O4Y. The molecule has 0 saturated heterocycles. The van der Waals surface area contributed by atoms with Crippen molar-refractivity contribution in [3.63, 3.8) is 0 Å². The number of carbonyl (C=O) groups excluding carboxylic acids is 2. The summed E-state index contributed by atoms with van der Waals surface area (Å²) in [5, 5.41) is 10.5. The Hall–Kier alpha value is -2.57. The molecular weight excluding hydrogens is 409 g/mol. The molecule has 0 spiro atoms. The van der Waals surface area contributed by atoms with E-state index in [4.69, 9.17) is 5.11 Å². The molecule has 0 aliphatic heterocycles. The predicted molar refractivity (Wildman–Crippen MR) is 94.4 cm³/mol. The Labute approximate surface area is 173 Å². The summed E-state index contributed by atoms with van der Waals surface area (Å²) in [6, 6.07) is 14.6. The van der Waals surface area contributed by atoms with E-state index in [0.717, 1.165) is 27.3 Å². The van der Waals surface area contributed by atoms with Crippen LogP contribution < -0.4 is 0 Å². The zero-order valence-electron chi connectivity index (χ0n) is 13.6. The van der Waals surface area contributed by atoms with Gasteiger partial charge >= 0.3 is 6.09 Å². The fourth-order valence-electron chi connectivity index (χ4n) is 2.65. The van der Waals surface area contributed by atoms with Crippen molar-refractivity contribution in [1.29, 1.82) is 0 Å². The van der Waals surface area contributed by atoms with Crippen LogP contribution in [0.5, 0.6) is 0 Å². The number of aldehydes is 2. The molecule has 0 saturated carbocycles. The monoisotopic (exact) mass is 423 g/mol. The fraction of sp³-hybridized carbons (Fsp3) is 0. The quantitative estimate of drug-likeness (QED) is 0.478. The second-order valence-electron chi connectivity index (χ2n) is 5.28. The van der Waals surface area contributed by atoms with Crippen LogP contribution in [0, 0.1) is 0 Å². The standard InChI is InChI=1S/C10H7NO3.C9H7NO.Y/c12-6-7-5-11(10(13)14)9-4-2-1-3-8(7)9;11-6-7-5-10-9-4-2-1-3-8(7)9;/h1-6H,(H,13,14);1-6,10H;. The van der Waals surface area contributed by atoms with Gasteiger partial charge in [0.05, 0.1) is 5.52 Å². The summed E-state index contributed by atoms with van der Waals surface area (Å²) < 4.78 is 1.04. The molecule has 0 aliphatic rings. The van der Waals surface area contributed by atoms with E-state index in [0.29, 0.717) is 22.8 Å². The molecule has 4 aromatic rings. The van der Waals surface area contributed by atoms with Gasteiger partial charge in [0.1, 0.15) is 0 Å². The Morgan fingerprint density at radius 2 is 1.54 bits per heavy atom. The third-order valence-corrected chi connectivity index (χ3v) is 3.82. The van der Waals surface area contributed by atoms with Crippen molar-refractivity contribution in [3.05, 3.63) is 72.1 Å². The minimum absolute atomic E-state index is 0. The Bertz CT molecular complexity index is 1080. The van der Waals surface area contributed by atoms with Crippen LogP contribution >= 0.6 is 0 Å². The van der Waals surface area contributed by atoms with Gasteiger partial charge in [-0.3, -0.25) is 14.2 Å². The van der Waals surface area contributed by atoms with E-state index in [1.54, 1.807) is 30.5 Å². The molecule has 0 aliphatic carbocycles. The third kappa shape index (κ3) is 3.82. The molecule has 4 rings (SSSR count). The third-order valence-electron chi connectivity index (χ3n) is 3.82. The molecule has 2 N–H and O–H groups in total. The first kappa shape index (κ1) is 19.8. The SMILES string of the molecule is O=Cc1c[nH]c2ccccc12.O=Cc1cn(C(=O)O)c2ccccc12.[Y]. The number of aromatic amines is 1. The number of aromatic nitrogens is 2. The van der Waals surface area contributed by atoms with E-state index in [9.17, 15) is 14.4 Å². The van der Waals surface area contributed by atoms with Gasteiger partial charge in [-0.2, -0.15) is 0 Å². The van der Waals surface area contributed by atoms with Gasteiger partial charge in [-0.15, -0.1) is 0 Å². The molecule has 2 aromatic heterocycles. The van der Waals surface area contributed by atoms with Gasteiger partial charge in [-0.1, -0.05) is 36.4 Å². The Morgan fingerprint density at radius 3 is 2.19 bits per heavy atom. The van der Waals surface area contributed by atoms with Crippen LogP contribution in [0.15, 0.2) is 60.9 Å². The van der Waals surface area contributed by atoms with E-state index < -0.39 is 6.09 Å². The molecule has 127 valence electrons. The van der Waals surface area contributed by atoms with Crippen molar-refractivity contribution in [2.75, 3.05) is 0 Å². The van der Waals surface area contributed by atoms with Crippen LogP contribution in [-0.2, 0) is 32.7 Å². The number of hydrogen-bond donors (Lipinski definition) is 2. The zero-order valence-corrected chi connectivity index (χ0v) is 16.5. The van der Waals surface area contributed by atoms with Crippen molar-refractivity contribution in [3.8, 4) is 0 Å². The maximum Gasteiger partial charge on any atom is 0.416 e. The molecule has 0 atom stereocenters. The molecule has 0 fully saturated rings. The molecule has 6 nitrogen and oxygen atoms in total. The summed E-state index contributed by atoms with van der Waals surface area (Å²) in [5.41, 5.74) is 2.65. The van der Waals surface area contributed by atoms with Crippen LogP contribution in [-0.4, -0.2) is 33.3 Å². The molecule has 1 radical (unpaired) electrons. The van der Waals surface area contributed by atoms with Crippen molar-refractivity contribution >= 4 is 40.5 Å². The summed E-state index contributed by atoms with van der Waals surface area (Å²) >= 11 is 0. The maximum atomic E-state index is 10.8. The molecule has 2 heterocycles. The largest absolute Gasteiger partial charge is 0.464 e. The number of H-pyrrole nitrogens is 1. The van der Waals surface area contributed by atoms with Gasteiger partial charge < -0.3 is 10.1 Å². The number of hydrogen-bond acceptors (Lipinski definition) is 3. The second kappa shape index (κ2) is 8.69. The zero-order chi connectivity index (χ0) is 17.8. The van der Waals surface area contributed by atoms with Crippen molar-refractivity contribution in [2.45, 2.75) is 0 Å². The van der Waals surface area contributed by atoms with Gasteiger partial charge in [0.15, 0.2) is 12.6 Å². The van der Waals surface area contributed by atoms with Crippen molar-refractivity contribution in [1.82, 2.24) is 9.55 Å². The fourth-order valence-corrected chi connectivity index (χ4v) is 2.65. The number of carbonyl (C=O) groups is 3. The number of nitrogens with zero attached hydrogens (tertiary/aromatic N) is 1. The van der Waals surface area contributed by atoms with Crippen LogP contribution in [0.25, 0.3) is 21.8 Å². The van der Waals surface area contributed by atoms with Crippen LogP contribution in [0.4, 0.5) is 4.79 Å². The normalized spacial score (nSPS) is 9.85. The number of rotatable bonds is 2. The summed E-state index contributed by atoms with van der Waals surface area (Å²) in [4.78, 5) is 34.9. The second-order valence-corrected chi connectivity index (χ2v) is 5.28. The summed E-state index contributed by atoms with van der Waals surface area (Å²) in [5.74, 6) is 0. The smallest absolute Gasteiger partial charge is 0.416 e. The van der Waals surface area contributed by atoms with E-state index in [2.05, 4.69) is 4.98 Å². The average molecular weight is 423 g/mol. The Morgan fingerprint density at radius 1 is 0.923 bits per heavy atom. The summed E-state index contributed by atoms with van der Waals surface area (Å²) in [6.45, 7) is 0. The van der Waals surface area contributed by atoms with Gasteiger partial charge in [0.25, 0.3) is 0 Å². The molecule has 26 heavy (non-hydrogen) atoms. The van der Waals surface area contributed by atoms with Gasteiger partial charge in [-0.05, 0) is 12.1 Å². The number of para-hydroxylation sites is 2.